The maximum Gasteiger partial charge on any atom is 0.118 e. The molecule has 0 amide bonds. The van der Waals surface area contributed by atoms with Crippen molar-refractivity contribution < 1.29 is 10.2 Å². The fourth-order valence-electron chi connectivity index (χ4n) is 5.17. The van der Waals surface area contributed by atoms with Crippen LogP contribution < -0.4 is 0 Å². The molecule has 2 aromatic carbocycles. The number of aromatic hydroxyl groups is 2. The Balaban J connectivity index is 2.17. The molecule has 0 aliphatic rings. The van der Waals surface area contributed by atoms with Crippen LogP contribution in [0.2, 0.25) is 36.3 Å². The van der Waals surface area contributed by atoms with Crippen molar-refractivity contribution in [1.29, 1.82) is 0 Å². The first-order valence-corrected chi connectivity index (χ1v) is 20.1. The molecule has 2 N–H and O–H groups in total. The molecule has 0 spiro atoms. The number of hydrogen-bond donors (Lipinski definition) is 2. The number of para-hydroxylation sites is 2. The zero-order valence-electron chi connectivity index (χ0n) is 25.3. The summed E-state index contributed by atoms with van der Waals surface area (Å²) < 4.78 is 0. The molecule has 0 unspecified atom stereocenters. The molecule has 1 aromatic heterocycles. The lowest BCUT2D eigenvalue weighted by Gasteiger charge is -2.45. The Morgan fingerprint density at radius 2 is 0.921 bits per heavy atom. The van der Waals surface area contributed by atoms with Gasteiger partial charge >= 0.3 is 0 Å². The van der Waals surface area contributed by atoms with Crippen molar-refractivity contribution in [3.05, 3.63) is 89.2 Å². The van der Waals surface area contributed by atoms with Crippen molar-refractivity contribution >= 4 is 16.1 Å². The van der Waals surface area contributed by atoms with E-state index in [2.05, 4.69) is 98.1 Å². The maximum atomic E-state index is 10.7. The van der Waals surface area contributed by atoms with E-state index in [-0.39, 0.29) is 21.2 Å². The Bertz CT molecular complexity index is 1150. The number of aromatic nitrogens is 1. The van der Waals surface area contributed by atoms with Crippen LogP contribution in [0.4, 0.5) is 0 Å². The Morgan fingerprint density at radius 1 is 0.579 bits per heavy atom. The summed E-state index contributed by atoms with van der Waals surface area (Å²) in [5, 5.41) is 21.7. The number of phenolic OH excluding ortho intramolecular Hbond substituents is 2. The van der Waals surface area contributed by atoms with E-state index in [9.17, 15) is 10.2 Å². The summed E-state index contributed by atoms with van der Waals surface area (Å²) in [6.07, 6.45) is 1.56. The lowest BCUT2D eigenvalue weighted by molar-refractivity contribution is 0.466. The number of phenols is 2. The average molecular weight is 548 g/mol. The summed E-state index contributed by atoms with van der Waals surface area (Å²) in [5.41, 5.74) is 4.76. The summed E-state index contributed by atoms with van der Waals surface area (Å²) in [5.74, 6) is 0.733. The van der Waals surface area contributed by atoms with Crippen molar-refractivity contribution in [3.63, 3.8) is 0 Å². The number of nitrogens with zero attached hydrogens (tertiary/aromatic N) is 1. The van der Waals surface area contributed by atoms with Crippen LogP contribution in [-0.2, 0) is 12.8 Å². The van der Waals surface area contributed by atoms with E-state index in [4.69, 9.17) is 4.98 Å². The van der Waals surface area contributed by atoms with Gasteiger partial charge in [-0.3, -0.25) is 4.98 Å². The van der Waals surface area contributed by atoms with E-state index < -0.39 is 16.1 Å². The predicted octanol–water partition coefficient (Wildman–Crippen LogP) is 9.24. The molecule has 5 heteroatoms. The quantitative estimate of drug-likeness (QED) is 0.276. The van der Waals surface area contributed by atoms with Gasteiger partial charge < -0.3 is 10.2 Å². The highest BCUT2D eigenvalue weighted by Gasteiger charge is 2.46. The maximum absolute atomic E-state index is 10.7. The van der Waals surface area contributed by atoms with Gasteiger partial charge in [0.15, 0.2) is 0 Å². The second-order valence-electron chi connectivity index (χ2n) is 14.2. The molecule has 206 valence electrons. The van der Waals surface area contributed by atoms with Crippen LogP contribution in [0.25, 0.3) is 0 Å². The molecule has 0 aliphatic heterocycles. The fourth-order valence-corrected chi connectivity index (χ4v) is 10.5. The number of benzene rings is 2. The van der Waals surface area contributed by atoms with E-state index in [1.54, 1.807) is 12.1 Å². The highest BCUT2D eigenvalue weighted by atomic mass is 28.3. The summed E-state index contributed by atoms with van der Waals surface area (Å²) in [4.78, 5) is 5.49. The second kappa shape index (κ2) is 11.0. The number of hydrogen-bond acceptors (Lipinski definition) is 3. The first-order valence-electron chi connectivity index (χ1n) is 14.0. The number of pyridine rings is 1. The largest absolute Gasteiger partial charge is 0.508 e. The van der Waals surface area contributed by atoms with Crippen molar-refractivity contribution in [1.82, 2.24) is 4.98 Å². The molecule has 38 heavy (non-hydrogen) atoms. The molecular formula is C33H49NO2Si2. The molecule has 3 rings (SSSR count). The highest BCUT2D eigenvalue weighted by molar-refractivity contribution is 6.82. The predicted molar refractivity (Wildman–Crippen MR) is 168 cm³/mol. The molecule has 0 radical (unpaired) electrons. The first kappa shape index (κ1) is 30.2. The third-order valence-corrected chi connectivity index (χ3v) is 22.2. The molecular weight excluding hydrogens is 499 g/mol. The van der Waals surface area contributed by atoms with Crippen LogP contribution in [-0.4, -0.2) is 31.3 Å². The zero-order chi connectivity index (χ0) is 28.5. The standard InChI is InChI=1S/C33H49NO2Si2/c1-32(2,3)37(7,8)30(22-24-16-11-13-20-28(24)35)26-18-15-19-27(34-26)31(38(9,10)33(4,5)6)23-25-17-12-14-21-29(25)36/h11-21,30-31,35-36H,22-23H2,1-10H3/t30-,31-/m0/s1. The molecule has 2 atom stereocenters. The van der Waals surface area contributed by atoms with Crippen LogP contribution in [0.3, 0.4) is 0 Å². The molecule has 0 saturated heterocycles. The van der Waals surface area contributed by atoms with Gasteiger partial charge in [0.05, 0.1) is 16.1 Å². The van der Waals surface area contributed by atoms with Crippen molar-refractivity contribution in [3.8, 4) is 11.5 Å². The van der Waals surface area contributed by atoms with E-state index in [0.29, 0.717) is 11.5 Å². The molecule has 0 bridgehead atoms. The van der Waals surface area contributed by atoms with Gasteiger partial charge in [-0.1, -0.05) is 110 Å². The zero-order valence-corrected chi connectivity index (χ0v) is 27.3. The van der Waals surface area contributed by atoms with Crippen LogP contribution in [0.15, 0.2) is 66.7 Å². The highest BCUT2D eigenvalue weighted by Crippen LogP contribution is 2.49. The average Bonchev–Trinajstić information content (AvgIpc) is 2.81. The van der Waals surface area contributed by atoms with Gasteiger partial charge in [-0.2, -0.15) is 0 Å². The topological polar surface area (TPSA) is 53.4 Å². The third-order valence-electron chi connectivity index (χ3n) is 9.95. The van der Waals surface area contributed by atoms with Gasteiger partial charge in [-0.05, 0) is 58.3 Å². The first-order chi connectivity index (χ1) is 17.5. The Morgan fingerprint density at radius 3 is 1.24 bits per heavy atom. The smallest absolute Gasteiger partial charge is 0.118 e. The summed E-state index contributed by atoms with van der Waals surface area (Å²) in [7, 11) is -3.81. The molecule has 0 fully saturated rings. The van der Waals surface area contributed by atoms with Crippen LogP contribution >= 0.6 is 0 Å². The Hall–Kier alpha value is -2.38. The molecule has 0 saturated carbocycles. The van der Waals surface area contributed by atoms with Gasteiger partial charge in [-0.25, -0.2) is 0 Å². The summed E-state index contributed by atoms with van der Waals surface area (Å²) in [6.45, 7) is 24.0. The van der Waals surface area contributed by atoms with Gasteiger partial charge in [0.2, 0.25) is 0 Å². The number of rotatable bonds is 8. The molecule has 3 aromatic rings. The van der Waals surface area contributed by atoms with Gasteiger partial charge in [-0.15, -0.1) is 0 Å². The van der Waals surface area contributed by atoms with Gasteiger partial charge in [0.25, 0.3) is 0 Å². The Kier molecular flexibility index (Phi) is 8.74. The fraction of sp³-hybridized carbons (Fsp3) is 0.485. The summed E-state index contributed by atoms with van der Waals surface area (Å²) >= 11 is 0. The van der Waals surface area contributed by atoms with Crippen LogP contribution in [0, 0.1) is 0 Å². The molecule has 1 heterocycles. The minimum atomic E-state index is -1.91. The van der Waals surface area contributed by atoms with E-state index >= 15 is 0 Å². The third kappa shape index (κ3) is 6.26. The minimum absolute atomic E-state index is 0.161. The van der Waals surface area contributed by atoms with Gasteiger partial charge in [0.1, 0.15) is 11.5 Å². The lowest BCUT2D eigenvalue weighted by Crippen LogP contribution is -2.46. The monoisotopic (exact) mass is 547 g/mol. The van der Waals surface area contributed by atoms with Crippen molar-refractivity contribution in [2.24, 2.45) is 0 Å². The normalized spacial score (nSPS) is 14.8. The van der Waals surface area contributed by atoms with Gasteiger partial charge in [0, 0.05) is 22.5 Å². The van der Waals surface area contributed by atoms with Crippen molar-refractivity contribution in [2.75, 3.05) is 0 Å². The van der Waals surface area contributed by atoms with E-state index in [0.717, 1.165) is 35.4 Å². The minimum Gasteiger partial charge on any atom is -0.508 e. The summed E-state index contributed by atoms with van der Waals surface area (Å²) in [6, 6.07) is 22.1. The van der Waals surface area contributed by atoms with E-state index in [1.807, 2.05) is 24.3 Å². The molecule has 3 nitrogen and oxygen atoms in total. The SMILES string of the molecule is CC(C)(C)[Si](C)(C)[C@@H](Cc1ccccc1O)c1cccc([C@H](Cc2ccccc2O)[Si](C)(C)C(C)(C)C)n1. The van der Waals surface area contributed by atoms with Crippen LogP contribution in [0.1, 0.15) is 75.1 Å². The van der Waals surface area contributed by atoms with Crippen LogP contribution in [0.5, 0.6) is 11.5 Å². The van der Waals surface area contributed by atoms with E-state index in [1.165, 1.54) is 0 Å². The second-order valence-corrected chi connectivity index (χ2v) is 25.5. The Labute approximate surface area is 233 Å². The van der Waals surface area contributed by atoms with Crippen molar-refractivity contribution in [2.45, 2.75) is 102 Å². The molecule has 0 aliphatic carbocycles. The lowest BCUT2D eigenvalue weighted by atomic mass is 10.0.